The Balaban J connectivity index is 2.04. The predicted octanol–water partition coefficient (Wildman–Crippen LogP) is 4.70. The van der Waals surface area contributed by atoms with Crippen molar-refractivity contribution in [1.29, 1.82) is 0 Å². The van der Waals surface area contributed by atoms with Crippen molar-refractivity contribution in [2.75, 3.05) is 6.61 Å². The highest BCUT2D eigenvalue weighted by Gasteiger charge is 2.13. The fourth-order valence-electron chi connectivity index (χ4n) is 2.92. The summed E-state index contributed by atoms with van der Waals surface area (Å²) in [6.07, 6.45) is 0.452. The first-order chi connectivity index (χ1) is 12.6. The Hall–Kier alpha value is -3.08. The first-order valence-corrected chi connectivity index (χ1v) is 8.50. The number of aryl methyl sites for hydroxylation is 1. The van der Waals surface area contributed by atoms with Gasteiger partial charge in [0.15, 0.2) is 0 Å². The monoisotopic (exact) mass is 353 g/mol. The lowest BCUT2D eigenvalue weighted by atomic mass is 10.1. The molecule has 0 saturated carbocycles. The molecule has 0 amide bonds. The number of benzene rings is 2. The van der Waals surface area contributed by atoms with Crippen molar-refractivity contribution < 1.29 is 19.0 Å². The van der Waals surface area contributed by atoms with Gasteiger partial charge < -0.3 is 14.4 Å². The summed E-state index contributed by atoms with van der Waals surface area (Å²) in [4.78, 5) is 11.0. The average Bonchev–Trinajstić information content (AvgIpc) is 3.05. The Kier molecular flexibility index (Phi) is 5.37. The van der Waals surface area contributed by atoms with E-state index in [-0.39, 0.29) is 12.2 Å². The number of nitrogens with zero attached hydrogens (tertiary/aromatic N) is 1. The van der Waals surface area contributed by atoms with E-state index in [1.807, 2.05) is 47.9 Å². The molecule has 1 N–H and O–H groups in total. The lowest BCUT2D eigenvalue weighted by molar-refractivity contribution is -0.136. The number of aliphatic carboxylic acids is 1. The summed E-state index contributed by atoms with van der Waals surface area (Å²) in [5, 5.41) is 9.02. The number of carboxylic acids is 1. The van der Waals surface area contributed by atoms with E-state index in [2.05, 4.69) is 0 Å². The van der Waals surface area contributed by atoms with E-state index < -0.39 is 5.97 Å². The highest BCUT2D eigenvalue weighted by atomic mass is 19.1. The molecule has 0 aliphatic rings. The molecule has 0 spiro atoms. The van der Waals surface area contributed by atoms with E-state index in [1.54, 1.807) is 12.1 Å². The van der Waals surface area contributed by atoms with Crippen LogP contribution >= 0.6 is 0 Å². The van der Waals surface area contributed by atoms with E-state index in [0.717, 1.165) is 28.4 Å². The third-order valence-electron chi connectivity index (χ3n) is 4.10. The van der Waals surface area contributed by atoms with E-state index in [4.69, 9.17) is 9.84 Å². The molecular formula is C21H20FNO3. The SMILES string of the molecule is CCOc1ccc(-n2c(CCC(=O)O)ccc2-c2ccc(F)cc2)cc1. The van der Waals surface area contributed by atoms with Gasteiger partial charge in [0, 0.05) is 11.4 Å². The fourth-order valence-corrected chi connectivity index (χ4v) is 2.92. The van der Waals surface area contributed by atoms with Gasteiger partial charge in [-0.2, -0.15) is 0 Å². The van der Waals surface area contributed by atoms with Crippen LogP contribution in [-0.2, 0) is 11.2 Å². The summed E-state index contributed by atoms with van der Waals surface area (Å²) in [7, 11) is 0. The van der Waals surface area contributed by atoms with Crippen LogP contribution in [0.4, 0.5) is 4.39 Å². The van der Waals surface area contributed by atoms with Gasteiger partial charge >= 0.3 is 5.97 Å². The largest absolute Gasteiger partial charge is 0.494 e. The third kappa shape index (κ3) is 3.94. The zero-order valence-corrected chi connectivity index (χ0v) is 14.5. The van der Waals surface area contributed by atoms with Crippen LogP contribution in [0.1, 0.15) is 19.0 Å². The number of aromatic nitrogens is 1. The van der Waals surface area contributed by atoms with Gasteiger partial charge in [-0.05, 0) is 79.6 Å². The summed E-state index contributed by atoms with van der Waals surface area (Å²) >= 11 is 0. The van der Waals surface area contributed by atoms with E-state index in [9.17, 15) is 9.18 Å². The minimum Gasteiger partial charge on any atom is -0.494 e. The second kappa shape index (κ2) is 7.87. The fraction of sp³-hybridized carbons (Fsp3) is 0.190. The second-order valence-corrected chi connectivity index (χ2v) is 5.87. The molecule has 4 nitrogen and oxygen atoms in total. The minimum atomic E-state index is -0.840. The molecule has 5 heteroatoms. The molecule has 1 aromatic heterocycles. The number of carboxylic acid groups (broad SMARTS) is 1. The Morgan fingerprint density at radius 3 is 2.35 bits per heavy atom. The molecule has 1 heterocycles. The lowest BCUT2D eigenvalue weighted by Crippen LogP contribution is -2.05. The maximum absolute atomic E-state index is 13.3. The minimum absolute atomic E-state index is 0.0455. The van der Waals surface area contributed by atoms with Crippen molar-refractivity contribution in [3.05, 3.63) is 72.2 Å². The summed E-state index contributed by atoms with van der Waals surface area (Å²) in [5.41, 5.74) is 3.53. The molecule has 0 saturated heterocycles. The molecule has 0 aliphatic carbocycles. The number of rotatable bonds is 7. The molecule has 0 unspecified atom stereocenters. The van der Waals surface area contributed by atoms with E-state index in [1.165, 1.54) is 12.1 Å². The highest BCUT2D eigenvalue weighted by molar-refractivity contribution is 5.68. The summed E-state index contributed by atoms with van der Waals surface area (Å²) in [6, 6.07) is 17.8. The normalized spacial score (nSPS) is 10.7. The molecule has 26 heavy (non-hydrogen) atoms. The van der Waals surface area contributed by atoms with Crippen molar-refractivity contribution in [1.82, 2.24) is 4.57 Å². The molecule has 0 aliphatic heterocycles. The van der Waals surface area contributed by atoms with Crippen LogP contribution in [0.15, 0.2) is 60.7 Å². The molecule has 3 rings (SSSR count). The van der Waals surface area contributed by atoms with Crippen molar-refractivity contribution in [2.24, 2.45) is 0 Å². The molecule has 3 aromatic rings. The Bertz CT molecular complexity index is 883. The number of ether oxygens (including phenoxy) is 1. The van der Waals surface area contributed by atoms with Gasteiger partial charge in [-0.15, -0.1) is 0 Å². The van der Waals surface area contributed by atoms with Crippen molar-refractivity contribution in [3.63, 3.8) is 0 Å². The Labute approximate surface area is 151 Å². The Morgan fingerprint density at radius 1 is 1.04 bits per heavy atom. The van der Waals surface area contributed by atoms with Gasteiger partial charge in [-0.1, -0.05) is 0 Å². The highest BCUT2D eigenvalue weighted by Crippen LogP contribution is 2.28. The number of carbonyl (C=O) groups is 1. The standard InChI is InChI=1S/C21H20FNO3/c1-2-26-19-11-7-17(8-12-19)23-18(10-14-21(24)25)9-13-20(23)15-3-5-16(22)6-4-15/h3-9,11-13H,2,10,14H2,1H3,(H,24,25). The van der Waals surface area contributed by atoms with Gasteiger partial charge in [0.25, 0.3) is 0 Å². The maximum Gasteiger partial charge on any atom is 0.303 e. The zero-order valence-electron chi connectivity index (χ0n) is 14.5. The smallest absolute Gasteiger partial charge is 0.303 e. The van der Waals surface area contributed by atoms with Gasteiger partial charge in [0.2, 0.25) is 0 Å². The van der Waals surface area contributed by atoms with Crippen LogP contribution in [0, 0.1) is 5.82 Å². The van der Waals surface area contributed by atoms with Gasteiger partial charge in [-0.3, -0.25) is 4.79 Å². The average molecular weight is 353 g/mol. The number of hydrogen-bond acceptors (Lipinski definition) is 2. The zero-order chi connectivity index (χ0) is 18.5. The second-order valence-electron chi connectivity index (χ2n) is 5.87. The summed E-state index contributed by atoms with van der Waals surface area (Å²) in [5.74, 6) is -0.356. The molecule has 2 aromatic carbocycles. The summed E-state index contributed by atoms with van der Waals surface area (Å²) < 4.78 is 20.8. The molecule has 0 atom stereocenters. The van der Waals surface area contributed by atoms with Crippen molar-refractivity contribution in [3.8, 4) is 22.7 Å². The van der Waals surface area contributed by atoms with Crippen LogP contribution in [0.5, 0.6) is 5.75 Å². The van der Waals surface area contributed by atoms with Crippen LogP contribution in [-0.4, -0.2) is 22.2 Å². The molecule has 0 bridgehead atoms. The Morgan fingerprint density at radius 2 is 1.73 bits per heavy atom. The van der Waals surface area contributed by atoms with E-state index in [0.29, 0.717) is 13.0 Å². The van der Waals surface area contributed by atoms with Crippen LogP contribution in [0.3, 0.4) is 0 Å². The van der Waals surface area contributed by atoms with Crippen molar-refractivity contribution >= 4 is 5.97 Å². The lowest BCUT2D eigenvalue weighted by Gasteiger charge is -2.14. The molecule has 134 valence electrons. The summed E-state index contributed by atoms with van der Waals surface area (Å²) in [6.45, 7) is 2.52. The number of hydrogen-bond donors (Lipinski definition) is 1. The van der Waals surface area contributed by atoms with Crippen LogP contribution < -0.4 is 4.74 Å². The quantitative estimate of drug-likeness (QED) is 0.670. The molecular weight excluding hydrogens is 333 g/mol. The van der Waals surface area contributed by atoms with Gasteiger partial charge in [0.05, 0.1) is 18.7 Å². The van der Waals surface area contributed by atoms with Gasteiger partial charge in [0.1, 0.15) is 11.6 Å². The molecule has 0 fully saturated rings. The molecule has 0 radical (unpaired) electrons. The first-order valence-electron chi connectivity index (χ1n) is 8.50. The predicted molar refractivity (Wildman–Crippen MR) is 98.3 cm³/mol. The van der Waals surface area contributed by atoms with Crippen LogP contribution in [0.25, 0.3) is 16.9 Å². The third-order valence-corrected chi connectivity index (χ3v) is 4.10. The van der Waals surface area contributed by atoms with Crippen LogP contribution in [0.2, 0.25) is 0 Å². The van der Waals surface area contributed by atoms with Gasteiger partial charge in [-0.25, -0.2) is 4.39 Å². The topological polar surface area (TPSA) is 51.5 Å². The van der Waals surface area contributed by atoms with Crippen molar-refractivity contribution in [2.45, 2.75) is 19.8 Å². The maximum atomic E-state index is 13.3. The number of halogens is 1. The first kappa shape index (κ1) is 17.7. The van der Waals surface area contributed by atoms with E-state index >= 15 is 0 Å².